The number of aromatic nitrogens is 3. The van der Waals surface area contributed by atoms with E-state index in [2.05, 4.69) is 10.4 Å². The Kier molecular flexibility index (Phi) is 6.90. The van der Waals surface area contributed by atoms with E-state index in [-0.39, 0.29) is 23.1 Å². The van der Waals surface area contributed by atoms with E-state index in [1.54, 1.807) is 41.2 Å². The van der Waals surface area contributed by atoms with Crippen LogP contribution in [0.1, 0.15) is 34.5 Å². The van der Waals surface area contributed by atoms with Gasteiger partial charge in [-0.15, -0.1) is 0 Å². The number of alkyl halides is 2. The van der Waals surface area contributed by atoms with Gasteiger partial charge in [0.25, 0.3) is 12.3 Å². The molecule has 41 heavy (non-hydrogen) atoms. The molecule has 2 aliphatic heterocycles. The Morgan fingerprint density at radius 2 is 1.88 bits per heavy atom. The van der Waals surface area contributed by atoms with Crippen molar-refractivity contribution in [2.75, 3.05) is 50.1 Å². The fraction of sp³-hybridized carbons (Fsp3) is 0.333. The molecule has 2 aromatic heterocycles. The van der Waals surface area contributed by atoms with E-state index >= 15 is 0 Å². The fourth-order valence-corrected chi connectivity index (χ4v) is 5.77. The Morgan fingerprint density at radius 1 is 1.05 bits per heavy atom. The van der Waals surface area contributed by atoms with Crippen LogP contribution in [0.15, 0.2) is 48.8 Å². The average molecular weight is 560 g/mol. The number of benzene rings is 2. The first-order valence-electron chi connectivity index (χ1n) is 13.6. The molecule has 4 heterocycles. The number of amides is 2. The van der Waals surface area contributed by atoms with Crippen LogP contribution < -0.4 is 15.1 Å². The minimum absolute atomic E-state index is 0.00723. The number of rotatable bonds is 5. The number of nitrogens with zero attached hydrogens (tertiary/aromatic N) is 6. The number of nitrogens with one attached hydrogen (secondary N) is 1. The van der Waals surface area contributed by atoms with Crippen LogP contribution in [0.4, 0.5) is 26.0 Å². The van der Waals surface area contributed by atoms with Gasteiger partial charge < -0.3 is 15.1 Å². The number of likely N-dealkylation sites (N-methyl/N-ethyl adjacent to an activating group) is 1. The van der Waals surface area contributed by atoms with Gasteiger partial charge in [0.15, 0.2) is 0 Å². The molecular formula is C30H31F2N7O2. The third kappa shape index (κ3) is 4.90. The predicted octanol–water partition coefficient (Wildman–Crippen LogP) is 4.30. The second-order valence-corrected chi connectivity index (χ2v) is 10.6. The Morgan fingerprint density at radius 3 is 2.59 bits per heavy atom. The SMILES string of the molecule is CNC(=O)c1cc2cc(N3CCN(C)CC3=O)ccc2c(N2CCCc3cc(-c4cnn(C)c4)c(C(F)F)cc32)n1. The van der Waals surface area contributed by atoms with Crippen LogP contribution >= 0.6 is 0 Å². The number of aryl methyl sites for hydroxylation is 2. The van der Waals surface area contributed by atoms with Crippen molar-refractivity contribution >= 4 is 39.8 Å². The van der Waals surface area contributed by atoms with E-state index in [4.69, 9.17) is 4.98 Å². The highest BCUT2D eigenvalue weighted by atomic mass is 19.3. The van der Waals surface area contributed by atoms with E-state index in [0.717, 1.165) is 41.4 Å². The lowest BCUT2D eigenvalue weighted by atomic mass is 9.93. The van der Waals surface area contributed by atoms with Gasteiger partial charge in [-0.3, -0.25) is 19.2 Å². The molecule has 1 fully saturated rings. The van der Waals surface area contributed by atoms with Crippen molar-refractivity contribution in [2.24, 2.45) is 7.05 Å². The number of piperazine rings is 1. The Hall–Kier alpha value is -4.38. The van der Waals surface area contributed by atoms with Crippen LogP contribution in [-0.2, 0) is 18.3 Å². The number of anilines is 3. The summed E-state index contributed by atoms with van der Waals surface area (Å²) in [6, 6.07) is 10.8. The molecule has 11 heteroatoms. The van der Waals surface area contributed by atoms with Gasteiger partial charge >= 0.3 is 0 Å². The topological polar surface area (TPSA) is 86.6 Å². The summed E-state index contributed by atoms with van der Waals surface area (Å²) in [7, 11) is 5.21. The van der Waals surface area contributed by atoms with Gasteiger partial charge in [-0.2, -0.15) is 5.10 Å². The molecule has 1 saturated heterocycles. The van der Waals surface area contributed by atoms with Crippen molar-refractivity contribution in [2.45, 2.75) is 19.3 Å². The molecule has 1 N–H and O–H groups in total. The summed E-state index contributed by atoms with van der Waals surface area (Å²) in [6.07, 6.45) is 2.16. The van der Waals surface area contributed by atoms with Gasteiger partial charge in [-0.1, -0.05) is 0 Å². The summed E-state index contributed by atoms with van der Waals surface area (Å²) in [5, 5.41) is 8.32. The number of fused-ring (bicyclic) bond motifs is 2. The summed E-state index contributed by atoms with van der Waals surface area (Å²) in [5.41, 5.74) is 3.57. The first-order chi connectivity index (χ1) is 19.7. The summed E-state index contributed by atoms with van der Waals surface area (Å²) < 4.78 is 30.4. The maximum atomic E-state index is 14.4. The van der Waals surface area contributed by atoms with Gasteiger partial charge in [0, 0.05) is 67.8 Å². The first kappa shape index (κ1) is 26.8. The highest BCUT2D eigenvalue weighted by Gasteiger charge is 2.28. The van der Waals surface area contributed by atoms with Crippen molar-refractivity contribution < 1.29 is 18.4 Å². The minimum Gasteiger partial charge on any atom is -0.354 e. The van der Waals surface area contributed by atoms with Gasteiger partial charge in [0.05, 0.1) is 12.7 Å². The van der Waals surface area contributed by atoms with Crippen LogP contribution in [-0.4, -0.2) is 71.8 Å². The van der Waals surface area contributed by atoms with Gasteiger partial charge in [0.1, 0.15) is 11.5 Å². The van der Waals surface area contributed by atoms with Crippen LogP contribution in [0.25, 0.3) is 21.9 Å². The number of hydrogen-bond donors (Lipinski definition) is 1. The van der Waals surface area contributed by atoms with Crippen molar-refractivity contribution in [1.29, 1.82) is 0 Å². The summed E-state index contributed by atoms with van der Waals surface area (Å²) >= 11 is 0. The molecule has 2 aromatic carbocycles. The molecule has 0 radical (unpaired) electrons. The van der Waals surface area contributed by atoms with E-state index < -0.39 is 6.43 Å². The predicted molar refractivity (Wildman–Crippen MR) is 154 cm³/mol. The highest BCUT2D eigenvalue weighted by Crippen LogP contribution is 2.42. The number of hydrogen-bond acceptors (Lipinski definition) is 6. The second kappa shape index (κ2) is 10.5. The van der Waals surface area contributed by atoms with Crippen LogP contribution in [0.5, 0.6) is 0 Å². The molecule has 0 saturated carbocycles. The lowest BCUT2D eigenvalue weighted by Crippen LogP contribution is -2.48. The van der Waals surface area contributed by atoms with E-state index in [0.29, 0.717) is 42.3 Å². The van der Waals surface area contributed by atoms with E-state index in [1.165, 1.54) is 7.05 Å². The molecule has 2 amide bonds. The Labute approximate surface area is 236 Å². The number of carbonyl (C=O) groups is 2. The molecule has 0 spiro atoms. The normalized spacial score (nSPS) is 16.0. The maximum absolute atomic E-state index is 14.4. The third-order valence-electron chi connectivity index (χ3n) is 7.85. The molecule has 0 aliphatic carbocycles. The van der Waals surface area contributed by atoms with Crippen molar-refractivity contribution in [3.8, 4) is 11.1 Å². The summed E-state index contributed by atoms with van der Waals surface area (Å²) in [4.78, 5) is 36.0. The molecule has 9 nitrogen and oxygen atoms in total. The monoisotopic (exact) mass is 559 g/mol. The zero-order chi connectivity index (χ0) is 28.8. The lowest BCUT2D eigenvalue weighted by molar-refractivity contribution is -0.120. The van der Waals surface area contributed by atoms with E-state index in [9.17, 15) is 18.4 Å². The molecule has 0 unspecified atom stereocenters. The van der Waals surface area contributed by atoms with Gasteiger partial charge in [-0.05, 0) is 72.8 Å². The summed E-state index contributed by atoms with van der Waals surface area (Å²) in [5.74, 6) is 0.173. The second-order valence-electron chi connectivity index (χ2n) is 10.6. The molecular weight excluding hydrogens is 528 g/mol. The average Bonchev–Trinajstić information content (AvgIpc) is 3.40. The maximum Gasteiger partial charge on any atom is 0.269 e. The number of halogens is 2. The van der Waals surface area contributed by atoms with Crippen molar-refractivity contribution in [3.05, 3.63) is 65.6 Å². The Bertz CT molecular complexity index is 1670. The van der Waals surface area contributed by atoms with Crippen molar-refractivity contribution in [1.82, 2.24) is 25.0 Å². The molecule has 4 aromatic rings. The van der Waals surface area contributed by atoms with Crippen LogP contribution in [0.2, 0.25) is 0 Å². The quantitative estimate of drug-likeness (QED) is 0.393. The van der Waals surface area contributed by atoms with Gasteiger partial charge in [0.2, 0.25) is 5.91 Å². The largest absolute Gasteiger partial charge is 0.354 e. The first-order valence-corrected chi connectivity index (χ1v) is 13.6. The zero-order valence-electron chi connectivity index (χ0n) is 23.2. The third-order valence-corrected chi connectivity index (χ3v) is 7.85. The number of pyridine rings is 1. The van der Waals surface area contributed by atoms with Crippen molar-refractivity contribution in [3.63, 3.8) is 0 Å². The lowest BCUT2D eigenvalue weighted by Gasteiger charge is -2.33. The van der Waals surface area contributed by atoms with Crippen LogP contribution in [0.3, 0.4) is 0 Å². The molecule has 0 bridgehead atoms. The highest BCUT2D eigenvalue weighted by molar-refractivity contribution is 6.04. The molecule has 6 rings (SSSR count). The molecule has 2 aliphatic rings. The zero-order valence-corrected chi connectivity index (χ0v) is 23.2. The smallest absolute Gasteiger partial charge is 0.269 e. The van der Waals surface area contributed by atoms with Gasteiger partial charge in [-0.25, -0.2) is 13.8 Å². The van der Waals surface area contributed by atoms with E-state index in [1.807, 2.05) is 41.1 Å². The standard InChI is InChI=1S/C30H31F2N7O2/c1-33-30(41)25-13-19-11-21(38-10-9-36(2)17-27(38)40)6-7-22(19)29(35-25)39-8-4-5-18-12-23(20-15-34-37(3)16-20)24(28(31)32)14-26(18)39/h6-7,11-16,28H,4-5,8-10,17H2,1-3H3,(H,33,41). The molecule has 212 valence electrons. The number of carbonyl (C=O) groups excluding carboxylic acids is 2. The summed E-state index contributed by atoms with van der Waals surface area (Å²) in [6.45, 7) is 2.21. The molecule has 0 atom stereocenters. The fourth-order valence-electron chi connectivity index (χ4n) is 5.77. The Balaban J connectivity index is 1.50. The minimum atomic E-state index is -2.69. The van der Waals surface area contributed by atoms with Crippen LogP contribution in [0, 0.1) is 0 Å².